The zero-order chi connectivity index (χ0) is 25.3. The van der Waals surface area contributed by atoms with Gasteiger partial charge in [-0.1, -0.05) is 48.0 Å². The molecule has 0 heterocycles. The van der Waals surface area contributed by atoms with Crippen LogP contribution >= 0.6 is 0 Å². The van der Waals surface area contributed by atoms with Crippen molar-refractivity contribution >= 4 is 11.9 Å². The molecule has 36 heavy (non-hydrogen) atoms. The van der Waals surface area contributed by atoms with Crippen LogP contribution in [0.15, 0.2) is 66.7 Å². The largest absolute Gasteiger partial charge is 0.465 e. The Morgan fingerprint density at radius 1 is 0.861 bits per heavy atom. The molecule has 188 valence electrons. The molecule has 3 aromatic rings. The molecule has 0 radical (unpaired) electrons. The number of esters is 2. The number of rotatable bonds is 10. The van der Waals surface area contributed by atoms with Crippen molar-refractivity contribution in [3.05, 3.63) is 89.0 Å². The average Bonchev–Trinajstić information content (AvgIpc) is 2.90. The Bertz CT molecular complexity index is 1160. The number of hydrogen-bond acceptors (Lipinski definition) is 5. The Labute approximate surface area is 213 Å². The van der Waals surface area contributed by atoms with E-state index in [1.165, 1.54) is 5.56 Å². The lowest BCUT2D eigenvalue weighted by Crippen LogP contribution is -2.25. The molecule has 0 saturated carbocycles. The van der Waals surface area contributed by atoms with Crippen LogP contribution in [0.5, 0.6) is 5.75 Å². The summed E-state index contributed by atoms with van der Waals surface area (Å²) in [5, 5.41) is 0. The molecule has 1 atom stereocenters. The van der Waals surface area contributed by atoms with Crippen molar-refractivity contribution in [2.45, 2.75) is 46.0 Å². The fraction of sp³-hybridized carbons (Fsp3) is 0.355. The first-order valence-corrected chi connectivity index (χ1v) is 12.8. The number of aryl methyl sites for hydroxylation is 2. The topological polar surface area (TPSA) is 61.8 Å². The van der Waals surface area contributed by atoms with Gasteiger partial charge in [-0.15, -0.1) is 0 Å². The first-order chi connectivity index (χ1) is 17.5. The van der Waals surface area contributed by atoms with E-state index < -0.39 is 0 Å². The molecule has 5 nitrogen and oxygen atoms in total. The summed E-state index contributed by atoms with van der Waals surface area (Å²) in [4.78, 5) is 25.2. The average molecular weight is 487 g/mol. The minimum atomic E-state index is -0.382. The van der Waals surface area contributed by atoms with E-state index in [-0.39, 0.29) is 17.9 Å². The summed E-state index contributed by atoms with van der Waals surface area (Å²) in [7, 11) is 0. The summed E-state index contributed by atoms with van der Waals surface area (Å²) in [5.74, 6) is -0.102. The molecule has 0 fully saturated rings. The van der Waals surface area contributed by atoms with Gasteiger partial charge in [-0.05, 0) is 92.5 Å². The van der Waals surface area contributed by atoms with E-state index in [4.69, 9.17) is 14.2 Å². The van der Waals surface area contributed by atoms with Gasteiger partial charge in [0.25, 0.3) is 0 Å². The maximum Gasteiger partial charge on any atom is 0.343 e. The summed E-state index contributed by atoms with van der Waals surface area (Å²) in [5.41, 5.74) is 6.12. The quantitative estimate of drug-likeness (QED) is 0.190. The SMILES string of the molecule is CCOCCCCOC(=O)C1CCc2cc(OC(=O)c3ccc(-c4ccc(C)cc4)cc3)ccc2C1. The minimum Gasteiger partial charge on any atom is -0.465 e. The van der Waals surface area contributed by atoms with Crippen molar-refractivity contribution in [2.75, 3.05) is 19.8 Å². The van der Waals surface area contributed by atoms with Crippen LogP contribution in [0.3, 0.4) is 0 Å². The van der Waals surface area contributed by atoms with Crippen molar-refractivity contribution in [1.29, 1.82) is 0 Å². The molecule has 0 saturated heterocycles. The van der Waals surface area contributed by atoms with E-state index in [9.17, 15) is 9.59 Å². The molecule has 1 aliphatic rings. The fourth-order valence-electron chi connectivity index (χ4n) is 4.45. The maximum atomic E-state index is 12.7. The molecular weight excluding hydrogens is 452 g/mol. The number of fused-ring (bicyclic) bond motifs is 1. The van der Waals surface area contributed by atoms with E-state index >= 15 is 0 Å². The van der Waals surface area contributed by atoms with E-state index in [2.05, 4.69) is 31.2 Å². The number of carbonyl (C=O) groups is 2. The predicted molar refractivity (Wildman–Crippen MR) is 140 cm³/mol. The number of hydrogen-bond donors (Lipinski definition) is 0. The van der Waals surface area contributed by atoms with Crippen LogP contribution in [-0.2, 0) is 27.1 Å². The summed E-state index contributed by atoms with van der Waals surface area (Å²) in [6.45, 7) is 5.89. The maximum absolute atomic E-state index is 12.7. The Morgan fingerprint density at radius 3 is 2.28 bits per heavy atom. The standard InChI is InChI=1S/C31H34O5/c1-3-34-18-4-5-19-35-30(32)28-15-14-27-21-29(17-16-26(27)20-28)36-31(33)25-12-10-24(11-13-25)23-8-6-22(2)7-9-23/h6-13,16-17,21,28H,3-5,14-15,18-20H2,1-2H3. The van der Waals surface area contributed by atoms with Gasteiger partial charge in [0.1, 0.15) is 5.75 Å². The molecule has 1 aliphatic carbocycles. The van der Waals surface area contributed by atoms with Gasteiger partial charge in [-0.3, -0.25) is 4.79 Å². The molecule has 0 aliphatic heterocycles. The van der Waals surface area contributed by atoms with Crippen LogP contribution in [0.1, 0.15) is 53.2 Å². The molecular formula is C31H34O5. The number of carbonyl (C=O) groups excluding carboxylic acids is 2. The number of benzene rings is 3. The number of ether oxygens (including phenoxy) is 3. The monoisotopic (exact) mass is 486 g/mol. The highest BCUT2D eigenvalue weighted by Gasteiger charge is 2.26. The van der Waals surface area contributed by atoms with Gasteiger partial charge in [0.2, 0.25) is 0 Å². The summed E-state index contributed by atoms with van der Waals surface area (Å²) in [6, 6.07) is 21.4. The molecule has 0 spiro atoms. The van der Waals surface area contributed by atoms with Crippen molar-refractivity contribution in [2.24, 2.45) is 5.92 Å². The highest BCUT2D eigenvalue weighted by atomic mass is 16.5. The van der Waals surface area contributed by atoms with Gasteiger partial charge in [0.15, 0.2) is 0 Å². The predicted octanol–water partition coefficient (Wildman–Crippen LogP) is 6.35. The second-order valence-electron chi connectivity index (χ2n) is 9.27. The zero-order valence-electron chi connectivity index (χ0n) is 21.1. The molecule has 3 aromatic carbocycles. The molecule has 4 rings (SSSR count). The van der Waals surface area contributed by atoms with Gasteiger partial charge in [0, 0.05) is 13.2 Å². The van der Waals surface area contributed by atoms with Crippen LogP contribution < -0.4 is 4.74 Å². The first-order valence-electron chi connectivity index (χ1n) is 12.8. The third-order valence-corrected chi connectivity index (χ3v) is 6.59. The van der Waals surface area contributed by atoms with Gasteiger partial charge < -0.3 is 14.2 Å². The molecule has 0 N–H and O–H groups in total. The van der Waals surface area contributed by atoms with Crippen LogP contribution in [-0.4, -0.2) is 31.8 Å². The Hall–Kier alpha value is -3.44. The third-order valence-electron chi connectivity index (χ3n) is 6.59. The lowest BCUT2D eigenvalue weighted by atomic mass is 9.84. The fourth-order valence-corrected chi connectivity index (χ4v) is 4.45. The molecule has 0 bridgehead atoms. The smallest absolute Gasteiger partial charge is 0.343 e. The molecule has 0 aromatic heterocycles. The van der Waals surface area contributed by atoms with E-state index in [1.807, 2.05) is 31.2 Å². The number of unbranched alkanes of at least 4 members (excludes halogenated alkanes) is 1. The van der Waals surface area contributed by atoms with E-state index in [0.29, 0.717) is 37.6 Å². The van der Waals surface area contributed by atoms with Gasteiger partial charge in [0.05, 0.1) is 18.1 Å². The van der Waals surface area contributed by atoms with Crippen molar-refractivity contribution in [3.63, 3.8) is 0 Å². The third kappa shape index (κ3) is 6.82. The van der Waals surface area contributed by atoms with Crippen molar-refractivity contribution in [3.8, 4) is 16.9 Å². The van der Waals surface area contributed by atoms with Crippen LogP contribution in [0.4, 0.5) is 0 Å². The Morgan fingerprint density at radius 2 is 1.56 bits per heavy atom. The zero-order valence-corrected chi connectivity index (χ0v) is 21.1. The lowest BCUT2D eigenvalue weighted by Gasteiger charge is -2.23. The second kappa shape index (κ2) is 12.5. The molecule has 0 amide bonds. The van der Waals surface area contributed by atoms with Crippen molar-refractivity contribution < 1.29 is 23.8 Å². The van der Waals surface area contributed by atoms with Gasteiger partial charge >= 0.3 is 11.9 Å². The van der Waals surface area contributed by atoms with Gasteiger partial charge in [-0.25, -0.2) is 4.79 Å². The summed E-state index contributed by atoms with van der Waals surface area (Å²) >= 11 is 0. The Balaban J connectivity index is 1.29. The lowest BCUT2D eigenvalue weighted by molar-refractivity contribution is -0.149. The molecule has 5 heteroatoms. The van der Waals surface area contributed by atoms with Crippen LogP contribution in [0.2, 0.25) is 0 Å². The normalized spacial score (nSPS) is 14.7. The minimum absolute atomic E-state index is 0.121. The first kappa shape index (κ1) is 25.6. The highest BCUT2D eigenvalue weighted by Crippen LogP contribution is 2.30. The highest BCUT2D eigenvalue weighted by molar-refractivity contribution is 5.91. The van der Waals surface area contributed by atoms with Crippen LogP contribution in [0.25, 0.3) is 11.1 Å². The van der Waals surface area contributed by atoms with Crippen molar-refractivity contribution in [1.82, 2.24) is 0 Å². The van der Waals surface area contributed by atoms with Crippen LogP contribution in [0, 0.1) is 12.8 Å². The van der Waals surface area contributed by atoms with E-state index in [1.54, 1.807) is 18.2 Å². The van der Waals surface area contributed by atoms with Gasteiger partial charge in [-0.2, -0.15) is 0 Å². The second-order valence-corrected chi connectivity index (χ2v) is 9.27. The summed E-state index contributed by atoms with van der Waals surface area (Å²) in [6.07, 6.45) is 3.87. The summed E-state index contributed by atoms with van der Waals surface area (Å²) < 4.78 is 16.4. The molecule has 1 unspecified atom stereocenters. The van der Waals surface area contributed by atoms with E-state index in [0.717, 1.165) is 47.9 Å². The Kier molecular flexibility index (Phi) is 8.90.